The van der Waals surface area contributed by atoms with Crippen LogP contribution in [0.15, 0.2) is 52.9 Å². The Hall–Kier alpha value is -2.73. The number of halogens is 1. The summed E-state index contributed by atoms with van der Waals surface area (Å²) in [6.07, 6.45) is -0.507. The Kier molecular flexibility index (Phi) is 3.60. The van der Waals surface area contributed by atoms with Crippen LogP contribution in [0.4, 0.5) is 10.1 Å². The smallest absolute Gasteiger partial charge is 0.270 e. The summed E-state index contributed by atoms with van der Waals surface area (Å²) in [5, 5.41) is 11.4. The second-order valence-electron chi connectivity index (χ2n) is 4.80. The molecule has 3 rings (SSSR count). The maximum Gasteiger partial charge on any atom is 0.270 e. The maximum atomic E-state index is 13.0. The van der Waals surface area contributed by atoms with Gasteiger partial charge in [-0.3, -0.25) is 10.1 Å². The van der Waals surface area contributed by atoms with Crippen LogP contribution in [0.1, 0.15) is 17.4 Å². The number of rotatable bonds is 4. The molecule has 0 radical (unpaired) electrons. The van der Waals surface area contributed by atoms with Crippen LogP contribution < -0.4 is 0 Å². The lowest BCUT2D eigenvalue weighted by molar-refractivity contribution is -0.384. The first kappa shape index (κ1) is 14.2. The van der Waals surface area contributed by atoms with Crippen LogP contribution in [0.25, 0.3) is 11.0 Å². The van der Waals surface area contributed by atoms with Crippen molar-refractivity contribution in [2.24, 2.45) is 0 Å². The lowest BCUT2D eigenvalue weighted by atomic mass is 10.1. The molecule has 5 nitrogen and oxygen atoms in total. The average Bonchev–Trinajstić information content (AvgIpc) is 2.92. The summed E-state index contributed by atoms with van der Waals surface area (Å²) < 4.78 is 24.1. The first-order valence-corrected chi connectivity index (χ1v) is 6.54. The minimum absolute atomic E-state index is 0.00407. The molecule has 0 aliphatic carbocycles. The van der Waals surface area contributed by atoms with E-state index >= 15 is 0 Å². The maximum absolute atomic E-state index is 13.0. The number of hydrogen-bond acceptors (Lipinski definition) is 4. The van der Waals surface area contributed by atoms with Gasteiger partial charge in [-0.1, -0.05) is 12.1 Å². The van der Waals surface area contributed by atoms with E-state index in [1.165, 1.54) is 31.4 Å². The molecule has 0 aliphatic rings. The highest BCUT2D eigenvalue weighted by Gasteiger charge is 2.19. The third kappa shape index (κ3) is 2.56. The van der Waals surface area contributed by atoms with Crippen molar-refractivity contribution in [3.8, 4) is 0 Å². The molecular weight excluding hydrogens is 289 g/mol. The SMILES string of the molecule is COC(c1ccc(F)cc1)c1cc2cc([N+](=O)[O-])ccc2o1. The minimum atomic E-state index is -0.507. The number of non-ortho nitro benzene ring substituents is 1. The van der Waals surface area contributed by atoms with Gasteiger partial charge < -0.3 is 9.15 Å². The van der Waals surface area contributed by atoms with Crippen molar-refractivity contribution < 1.29 is 18.5 Å². The van der Waals surface area contributed by atoms with E-state index in [1.54, 1.807) is 24.3 Å². The summed E-state index contributed by atoms with van der Waals surface area (Å²) in [5.41, 5.74) is 1.26. The molecule has 1 unspecified atom stereocenters. The van der Waals surface area contributed by atoms with Gasteiger partial charge in [-0.05, 0) is 29.8 Å². The number of nitrogens with zero attached hydrogens (tertiary/aromatic N) is 1. The zero-order valence-corrected chi connectivity index (χ0v) is 11.7. The minimum Gasteiger partial charge on any atom is -0.458 e. The van der Waals surface area contributed by atoms with Gasteiger partial charge in [-0.25, -0.2) is 4.39 Å². The molecule has 0 saturated carbocycles. The number of ether oxygens (including phenoxy) is 1. The Labute approximate surface area is 125 Å². The molecule has 0 saturated heterocycles. The number of hydrogen-bond donors (Lipinski definition) is 0. The van der Waals surface area contributed by atoms with Crippen LogP contribution in [-0.2, 0) is 4.74 Å². The molecule has 6 heteroatoms. The standard InChI is InChI=1S/C16H12FNO4/c1-21-16(10-2-4-12(17)5-3-10)15-9-11-8-13(18(19)20)6-7-14(11)22-15/h2-9,16H,1H3. The lowest BCUT2D eigenvalue weighted by Crippen LogP contribution is -2.02. The van der Waals surface area contributed by atoms with Gasteiger partial charge in [0.2, 0.25) is 0 Å². The van der Waals surface area contributed by atoms with E-state index in [0.29, 0.717) is 16.7 Å². The summed E-state index contributed by atoms with van der Waals surface area (Å²) >= 11 is 0. The summed E-state index contributed by atoms with van der Waals surface area (Å²) in [6, 6.07) is 12.0. The van der Waals surface area contributed by atoms with Gasteiger partial charge in [0, 0.05) is 24.6 Å². The van der Waals surface area contributed by atoms with Crippen molar-refractivity contribution >= 4 is 16.7 Å². The van der Waals surface area contributed by atoms with Crippen molar-refractivity contribution in [3.63, 3.8) is 0 Å². The zero-order chi connectivity index (χ0) is 15.7. The second kappa shape index (κ2) is 5.57. The van der Waals surface area contributed by atoms with Crippen molar-refractivity contribution in [2.45, 2.75) is 6.10 Å². The van der Waals surface area contributed by atoms with Gasteiger partial charge in [-0.15, -0.1) is 0 Å². The fraction of sp³-hybridized carbons (Fsp3) is 0.125. The van der Waals surface area contributed by atoms with Gasteiger partial charge in [-0.2, -0.15) is 0 Å². The van der Waals surface area contributed by atoms with E-state index in [-0.39, 0.29) is 11.5 Å². The van der Waals surface area contributed by atoms with E-state index in [9.17, 15) is 14.5 Å². The molecule has 0 fully saturated rings. The number of nitro groups is 1. The van der Waals surface area contributed by atoms with Crippen molar-refractivity contribution in [1.29, 1.82) is 0 Å². The lowest BCUT2D eigenvalue weighted by Gasteiger charge is -2.12. The largest absolute Gasteiger partial charge is 0.458 e. The Balaban J connectivity index is 2.03. The summed E-state index contributed by atoms with van der Waals surface area (Å²) in [6.45, 7) is 0. The van der Waals surface area contributed by atoms with Crippen LogP contribution in [-0.4, -0.2) is 12.0 Å². The Morgan fingerprint density at radius 2 is 1.91 bits per heavy atom. The molecule has 22 heavy (non-hydrogen) atoms. The number of methoxy groups -OCH3 is 1. The summed E-state index contributed by atoms with van der Waals surface area (Å²) in [5.74, 6) is 0.170. The van der Waals surface area contributed by atoms with Gasteiger partial charge in [0.15, 0.2) is 0 Å². The highest BCUT2D eigenvalue weighted by atomic mass is 19.1. The first-order valence-electron chi connectivity index (χ1n) is 6.54. The third-order valence-electron chi connectivity index (χ3n) is 3.40. The number of nitro benzene ring substituents is 1. The number of benzene rings is 2. The Morgan fingerprint density at radius 3 is 2.55 bits per heavy atom. The molecule has 2 aromatic carbocycles. The molecule has 3 aromatic rings. The predicted octanol–water partition coefficient (Wildman–Crippen LogP) is 4.22. The van der Waals surface area contributed by atoms with Crippen LogP contribution in [0.3, 0.4) is 0 Å². The molecular formula is C16H12FNO4. The van der Waals surface area contributed by atoms with E-state index in [1.807, 2.05) is 0 Å². The predicted molar refractivity (Wildman–Crippen MR) is 78.1 cm³/mol. The van der Waals surface area contributed by atoms with E-state index in [0.717, 1.165) is 5.56 Å². The second-order valence-corrected chi connectivity index (χ2v) is 4.80. The van der Waals surface area contributed by atoms with Crippen LogP contribution in [0.5, 0.6) is 0 Å². The molecule has 0 N–H and O–H groups in total. The molecule has 0 spiro atoms. The molecule has 0 bridgehead atoms. The van der Waals surface area contributed by atoms with Crippen molar-refractivity contribution in [2.75, 3.05) is 7.11 Å². The summed E-state index contributed by atoms with van der Waals surface area (Å²) in [7, 11) is 1.52. The van der Waals surface area contributed by atoms with E-state index in [4.69, 9.17) is 9.15 Å². The first-order chi connectivity index (χ1) is 10.6. The van der Waals surface area contributed by atoms with E-state index in [2.05, 4.69) is 0 Å². The Bertz CT molecular complexity index is 826. The fourth-order valence-electron chi connectivity index (χ4n) is 2.35. The number of furan rings is 1. The molecule has 0 aliphatic heterocycles. The van der Waals surface area contributed by atoms with Crippen LogP contribution in [0.2, 0.25) is 0 Å². The van der Waals surface area contributed by atoms with Crippen LogP contribution in [0, 0.1) is 15.9 Å². The monoisotopic (exact) mass is 301 g/mol. The molecule has 0 amide bonds. The quantitative estimate of drug-likeness (QED) is 0.534. The van der Waals surface area contributed by atoms with Gasteiger partial charge in [0.05, 0.1) is 4.92 Å². The van der Waals surface area contributed by atoms with Gasteiger partial charge in [0.25, 0.3) is 5.69 Å². The van der Waals surface area contributed by atoms with E-state index < -0.39 is 11.0 Å². The fourth-order valence-corrected chi connectivity index (χ4v) is 2.35. The molecule has 1 aromatic heterocycles. The average molecular weight is 301 g/mol. The van der Waals surface area contributed by atoms with Gasteiger partial charge >= 0.3 is 0 Å². The molecule has 1 atom stereocenters. The molecule has 1 heterocycles. The highest BCUT2D eigenvalue weighted by Crippen LogP contribution is 2.32. The van der Waals surface area contributed by atoms with Crippen molar-refractivity contribution in [1.82, 2.24) is 0 Å². The van der Waals surface area contributed by atoms with Crippen molar-refractivity contribution in [3.05, 3.63) is 75.8 Å². The summed E-state index contributed by atoms with van der Waals surface area (Å²) in [4.78, 5) is 10.4. The molecule has 112 valence electrons. The normalized spacial score (nSPS) is 12.5. The third-order valence-corrected chi connectivity index (χ3v) is 3.40. The Morgan fingerprint density at radius 1 is 1.18 bits per heavy atom. The topological polar surface area (TPSA) is 65.5 Å². The zero-order valence-electron chi connectivity index (χ0n) is 11.7. The van der Waals surface area contributed by atoms with Crippen LogP contribution >= 0.6 is 0 Å². The van der Waals surface area contributed by atoms with Gasteiger partial charge in [0.1, 0.15) is 23.3 Å². The number of fused-ring (bicyclic) bond motifs is 1. The highest BCUT2D eigenvalue weighted by molar-refractivity contribution is 5.80.